The molecule has 1 aliphatic carbocycles. The molecule has 3 aliphatic rings. The van der Waals surface area contributed by atoms with Crippen LogP contribution >= 0.6 is 0 Å². The summed E-state index contributed by atoms with van der Waals surface area (Å²) < 4.78 is 5.64. The normalized spacial score (nSPS) is 21.7. The molecule has 1 amide bonds. The van der Waals surface area contributed by atoms with E-state index in [2.05, 4.69) is 48.5 Å². The van der Waals surface area contributed by atoms with E-state index in [0.29, 0.717) is 13.1 Å². The quantitative estimate of drug-likeness (QED) is 0.714. The minimum Gasteiger partial charge on any atom is -0.444 e. The zero-order chi connectivity index (χ0) is 16.9. The van der Waals surface area contributed by atoms with E-state index in [1.807, 2.05) is 25.7 Å². The van der Waals surface area contributed by atoms with Gasteiger partial charge in [-0.15, -0.1) is 0 Å². The molecule has 0 N–H and O–H groups in total. The second kappa shape index (κ2) is 5.37. The lowest BCUT2D eigenvalue weighted by Gasteiger charge is -2.29. The Labute approximate surface area is 143 Å². The van der Waals surface area contributed by atoms with Crippen molar-refractivity contribution in [3.63, 3.8) is 0 Å². The number of nitrogens with zero attached hydrogens (tertiary/aromatic N) is 1. The molecule has 0 saturated heterocycles. The van der Waals surface area contributed by atoms with Crippen LogP contribution in [0.4, 0.5) is 4.79 Å². The summed E-state index contributed by atoms with van der Waals surface area (Å²) >= 11 is 0. The van der Waals surface area contributed by atoms with Crippen molar-refractivity contribution in [1.29, 1.82) is 0 Å². The SMILES string of the molecule is CC(C)(C)OC(=O)N1CC2c3ccccc3C(C1)c1ccccc12. The Hall–Kier alpha value is -2.29. The van der Waals surface area contributed by atoms with Gasteiger partial charge in [0.1, 0.15) is 5.60 Å². The molecule has 2 aromatic carbocycles. The van der Waals surface area contributed by atoms with E-state index in [-0.39, 0.29) is 17.9 Å². The third-order valence-corrected chi connectivity index (χ3v) is 4.95. The highest BCUT2D eigenvalue weighted by atomic mass is 16.6. The van der Waals surface area contributed by atoms with E-state index in [0.717, 1.165) is 0 Å². The Bertz CT molecular complexity index is 691. The van der Waals surface area contributed by atoms with E-state index in [1.165, 1.54) is 22.3 Å². The van der Waals surface area contributed by atoms with Gasteiger partial charge in [0, 0.05) is 24.9 Å². The molecule has 5 rings (SSSR count). The number of fused-ring (bicyclic) bond motifs is 2. The van der Waals surface area contributed by atoms with E-state index >= 15 is 0 Å². The van der Waals surface area contributed by atoms with Gasteiger partial charge in [0.2, 0.25) is 0 Å². The summed E-state index contributed by atoms with van der Waals surface area (Å²) in [6.07, 6.45) is -0.210. The van der Waals surface area contributed by atoms with Gasteiger partial charge in [0.15, 0.2) is 0 Å². The van der Waals surface area contributed by atoms with Crippen LogP contribution in [0.3, 0.4) is 0 Å². The minimum absolute atomic E-state index is 0.210. The van der Waals surface area contributed by atoms with Gasteiger partial charge in [-0.3, -0.25) is 0 Å². The summed E-state index contributed by atoms with van der Waals surface area (Å²) in [6.45, 7) is 7.11. The van der Waals surface area contributed by atoms with Gasteiger partial charge in [0.05, 0.1) is 0 Å². The summed E-state index contributed by atoms with van der Waals surface area (Å²) in [5, 5.41) is 0. The third kappa shape index (κ3) is 2.48. The summed E-state index contributed by atoms with van der Waals surface area (Å²) in [5.41, 5.74) is 4.95. The fourth-order valence-corrected chi connectivity index (χ4v) is 4.01. The molecule has 24 heavy (non-hydrogen) atoms. The van der Waals surface area contributed by atoms with Crippen molar-refractivity contribution >= 4 is 6.09 Å². The first-order valence-corrected chi connectivity index (χ1v) is 8.59. The predicted octanol–water partition coefficient (Wildman–Crippen LogP) is 4.51. The fourth-order valence-electron chi connectivity index (χ4n) is 4.01. The molecule has 2 aliphatic heterocycles. The van der Waals surface area contributed by atoms with Crippen LogP contribution in [0.15, 0.2) is 48.5 Å². The number of hydrogen-bond acceptors (Lipinski definition) is 2. The molecule has 3 heteroatoms. The van der Waals surface area contributed by atoms with Gasteiger partial charge in [-0.25, -0.2) is 4.79 Å². The second-order valence-electron chi connectivity index (χ2n) is 7.75. The molecule has 124 valence electrons. The molecule has 0 unspecified atom stereocenters. The van der Waals surface area contributed by atoms with Crippen molar-refractivity contribution in [2.24, 2.45) is 0 Å². The number of ether oxygens (including phenoxy) is 1. The average molecular weight is 321 g/mol. The molecule has 0 radical (unpaired) electrons. The molecule has 0 atom stereocenters. The van der Waals surface area contributed by atoms with Crippen LogP contribution < -0.4 is 0 Å². The Kier molecular flexibility index (Phi) is 3.41. The van der Waals surface area contributed by atoms with Crippen molar-refractivity contribution in [2.45, 2.75) is 38.2 Å². The molecule has 0 saturated carbocycles. The Morgan fingerprint density at radius 1 is 0.875 bits per heavy atom. The summed E-state index contributed by atoms with van der Waals surface area (Å²) in [6, 6.07) is 17.2. The first-order valence-electron chi connectivity index (χ1n) is 8.59. The Balaban J connectivity index is 1.76. The highest BCUT2D eigenvalue weighted by molar-refractivity contribution is 5.70. The van der Waals surface area contributed by atoms with Crippen LogP contribution in [-0.2, 0) is 4.74 Å². The van der Waals surface area contributed by atoms with Crippen LogP contribution in [0.1, 0.15) is 54.9 Å². The number of carbonyl (C=O) groups is 1. The largest absolute Gasteiger partial charge is 0.444 e. The molecular weight excluding hydrogens is 298 g/mol. The summed E-state index contributed by atoms with van der Waals surface area (Å²) in [7, 11) is 0. The molecule has 2 heterocycles. The maximum Gasteiger partial charge on any atom is 0.410 e. The number of rotatable bonds is 0. The standard InChI is InChI=1S/C21H23NO2/c1-21(2,3)24-20(23)22-12-18-14-8-4-5-9-15(14)19(13-22)17-11-7-6-10-16(17)18/h4-11,18-19H,12-13H2,1-3H3. The van der Waals surface area contributed by atoms with Gasteiger partial charge in [-0.05, 0) is 43.0 Å². The van der Waals surface area contributed by atoms with Gasteiger partial charge >= 0.3 is 6.09 Å². The first-order chi connectivity index (χ1) is 11.4. The zero-order valence-corrected chi connectivity index (χ0v) is 14.5. The summed E-state index contributed by atoms with van der Waals surface area (Å²) in [5.74, 6) is 0.451. The monoisotopic (exact) mass is 321 g/mol. The smallest absolute Gasteiger partial charge is 0.410 e. The van der Waals surface area contributed by atoms with Gasteiger partial charge < -0.3 is 9.64 Å². The maximum absolute atomic E-state index is 12.7. The van der Waals surface area contributed by atoms with E-state index in [9.17, 15) is 4.79 Å². The highest BCUT2D eigenvalue weighted by Gasteiger charge is 2.39. The van der Waals surface area contributed by atoms with E-state index < -0.39 is 5.60 Å². The van der Waals surface area contributed by atoms with E-state index in [1.54, 1.807) is 0 Å². The number of carbonyl (C=O) groups excluding carboxylic acids is 1. The first kappa shape index (κ1) is 15.3. The third-order valence-electron chi connectivity index (χ3n) is 4.95. The van der Waals surface area contributed by atoms with Gasteiger partial charge in [-0.1, -0.05) is 48.5 Å². The highest BCUT2D eigenvalue weighted by Crippen LogP contribution is 2.46. The van der Waals surface area contributed by atoms with Crippen LogP contribution in [0.25, 0.3) is 0 Å². The number of hydrogen-bond donors (Lipinski definition) is 0. The van der Waals surface area contributed by atoms with Crippen LogP contribution in [-0.4, -0.2) is 29.7 Å². The summed E-state index contributed by atoms with van der Waals surface area (Å²) in [4.78, 5) is 14.6. The van der Waals surface area contributed by atoms with Gasteiger partial charge in [0.25, 0.3) is 0 Å². The van der Waals surface area contributed by atoms with Crippen molar-refractivity contribution in [1.82, 2.24) is 4.90 Å². The van der Waals surface area contributed by atoms with Crippen molar-refractivity contribution < 1.29 is 9.53 Å². The lowest BCUT2D eigenvalue weighted by atomic mass is 9.74. The van der Waals surface area contributed by atoms with Crippen molar-refractivity contribution in [3.8, 4) is 0 Å². The molecule has 0 spiro atoms. The fraction of sp³-hybridized carbons (Fsp3) is 0.381. The van der Waals surface area contributed by atoms with Crippen LogP contribution in [0.5, 0.6) is 0 Å². The topological polar surface area (TPSA) is 29.5 Å². The molecule has 2 bridgehead atoms. The number of amides is 1. The van der Waals surface area contributed by atoms with Crippen molar-refractivity contribution in [2.75, 3.05) is 13.1 Å². The maximum atomic E-state index is 12.7. The predicted molar refractivity (Wildman–Crippen MR) is 94.4 cm³/mol. The lowest BCUT2D eigenvalue weighted by Crippen LogP contribution is -2.39. The van der Waals surface area contributed by atoms with Crippen molar-refractivity contribution in [3.05, 3.63) is 70.8 Å². The van der Waals surface area contributed by atoms with E-state index in [4.69, 9.17) is 4.74 Å². The second-order valence-corrected chi connectivity index (χ2v) is 7.75. The van der Waals surface area contributed by atoms with Gasteiger partial charge in [-0.2, -0.15) is 0 Å². The number of benzene rings is 2. The molecular formula is C21H23NO2. The molecule has 2 aromatic rings. The average Bonchev–Trinajstić information content (AvgIpc) is 2.81. The Morgan fingerprint density at radius 2 is 1.25 bits per heavy atom. The van der Waals surface area contributed by atoms with Crippen LogP contribution in [0.2, 0.25) is 0 Å². The molecule has 0 fully saturated rings. The van der Waals surface area contributed by atoms with Crippen LogP contribution in [0, 0.1) is 0 Å². The zero-order valence-electron chi connectivity index (χ0n) is 14.5. The minimum atomic E-state index is -0.470. The Morgan fingerprint density at radius 3 is 1.58 bits per heavy atom. The molecule has 3 nitrogen and oxygen atoms in total. The molecule has 0 aromatic heterocycles. The lowest BCUT2D eigenvalue weighted by molar-refractivity contribution is 0.0249.